The van der Waals surface area contributed by atoms with Gasteiger partial charge in [-0.05, 0) is 68.6 Å². The molecule has 7 nitrogen and oxygen atoms in total. The fraction of sp³-hybridized carbons (Fsp3) is 0.654. The molecule has 3 aliphatic heterocycles. The third kappa shape index (κ3) is 4.71. The van der Waals surface area contributed by atoms with Crippen LogP contribution in [0.2, 0.25) is 0 Å². The summed E-state index contributed by atoms with van der Waals surface area (Å²) in [7, 11) is 0. The Morgan fingerprint density at radius 1 is 1.12 bits per heavy atom. The Kier molecular flexibility index (Phi) is 6.52. The second-order valence-corrected chi connectivity index (χ2v) is 10.3. The van der Waals surface area contributed by atoms with Crippen LogP contribution in [0.4, 0.5) is 0 Å². The highest BCUT2D eigenvalue weighted by Crippen LogP contribution is 2.32. The topological polar surface area (TPSA) is 87.7 Å². The first-order chi connectivity index (χ1) is 16.0. The van der Waals surface area contributed by atoms with E-state index in [1.165, 1.54) is 31.2 Å². The number of imide groups is 1. The maximum Gasteiger partial charge on any atom is 0.255 e. The zero-order valence-corrected chi connectivity index (χ0v) is 19.5. The van der Waals surface area contributed by atoms with Crippen molar-refractivity contribution >= 4 is 17.7 Å². The summed E-state index contributed by atoms with van der Waals surface area (Å²) in [4.78, 5) is 38.4. The third-order valence-corrected chi connectivity index (χ3v) is 7.99. The summed E-state index contributed by atoms with van der Waals surface area (Å²) in [5.74, 6) is -0.145. The van der Waals surface area contributed by atoms with Crippen LogP contribution in [-0.4, -0.2) is 53.5 Å². The first kappa shape index (κ1) is 22.5. The van der Waals surface area contributed by atoms with Gasteiger partial charge in [0.15, 0.2) is 0 Å². The van der Waals surface area contributed by atoms with Gasteiger partial charge in [0.05, 0.1) is 6.10 Å². The first-order valence-corrected chi connectivity index (χ1v) is 12.6. The van der Waals surface area contributed by atoms with Gasteiger partial charge in [-0.3, -0.25) is 19.7 Å². The number of carbonyl (C=O) groups is 3. The fourth-order valence-corrected chi connectivity index (χ4v) is 6.17. The number of nitrogens with one attached hydrogen (secondary N) is 2. The predicted octanol–water partition coefficient (Wildman–Crippen LogP) is 2.71. The molecule has 2 saturated heterocycles. The average molecular weight is 454 g/mol. The van der Waals surface area contributed by atoms with Crippen molar-refractivity contribution in [3.8, 4) is 0 Å². The number of nitrogens with zero attached hydrogens (tertiary/aromatic N) is 1. The van der Waals surface area contributed by atoms with E-state index in [9.17, 15) is 14.4 Å². The number of fused-ring (bicyclic) bond motifs is 1. The Bertz CT molecular complexity index is 926. The Morgan fingerprint density at radius 3 is 2.76 bits per heavy atom. The molecule has 0 radical (unpaired) electrons. The maximum atomic E-state index is 13.0. The van der Waals surface area contributed by atoms with Gasteiger partial charge in [-0.15, -0.1) is 0 Å². The van der Waals surface area contributed by atoms with E-state index in [4.69, 9.17) is 4.74 Å². The molecule has 3 fully saturated rings. The molecule has 2 unspecified atom stereocenters. The standard InChI is InChI=1S/C26H35N3O4/c1-16(23-7-4-12-33-23)27-21-6-3-2-5-18(21)13-17-8-9-20-19(14-17)15-29(26(20)32)22-10-11-24(30)28-25(22)31/h8-9,14,16,18,21-23,27H,2-7,10-13,15H2,1H3,(H,28,30,31)/t16-,18+,21?,22?,23-/m0/s1. The van der Waals surface area contributed by atoms with E-state index in [1.54, 1.807) is 4.90 Å². The summed E-state index contributed by atoms with van der Waals surface area (Å²) in [6.07, 6.45) is 9.27. The first-order valence-electron chi connectivity index (χ1n) is 12.6. The molecule has 0 spiro atoms. The van der Waals surface area contributed by atoms with Crippen LogP contribution in [0.1, 0.15) is 79.8 Å². The largest absolute Gasteiger partial charge is 0.377 e. The maximum absolute atomic E-state index is 13.0. The number of rotatable bonds is 6. The van der Waals surface area contributed by atoms with Crippen LogP contribution in [-0.2, 0) is 27.3 Å². The molecule has 0 bridgehead atoms. The molecule has 33 heavy (non-hydrogen) atoms. The molecule has 178 valence electrons. The lowest BCUT2D eigenvalue weighted by Crippen LogP contribution is -2.52. The quantitative estimate of drug-likeness (QED) is 0.647. The van der Waals surface area contributed by atoms with Gasteiger partial charge in [0.25, 0.3) is 5.91 Å². The van der Waals surface area contributed by atoms with Gasteiger partial charge in [0.1, 0.15) is 6.04 Å². The van der Waals surface area contributed by atoms with Crippen LogP contribution in [0, 0.1) is 5.92 Å². The number of amides is 3. The van der Waals surface area contributed by atoms with Crippen LogP contribution in [0.5, 0.6) is 0 Å². The van der Waals surface area contributed by atoms with E-state index in [1.807, 2.05) is 6.07 Å². The van der Waals surface area contributed by atoms with Crippen molar-refractivity contribution in [2.24, 2.45) is 5.92 Å². The van der Waals surface area contributed by atoms with Gasteiger partial charge in [0.2, 0.25) is 11.8 Å². The van der Waals surface area contributed by atoms with E-state index in [0.29, 0.717) is 42.6 Å². The molecule has 1 aromatic carbocycles. The van der Waals surface area contributed by atoms with Crippen LogP contribution < -0.4 is 10.6 Å². The summed E-state index contributed by atoms with van der Waals surface area (Å²) in [6, 6.07) is 6.48. The molecular formula is C26H35N3O4. The Balaban J connectivity index is 1.25. The fourth-order valence-electron chi connectivity index (χ4n) is 6.17. The Labute approximate surface area is 195 Å². The summed E-state index contributed by atoms with van der Waals surface area (Å²) >= 11 is 0. The van der Waals surface area contributed by atoms with Crippen molar-refractivity contribution in [3.05, 3.63) is 34.9 Å². The summed E-state index contributed by atoms with van der Waals surface area (Å²) in [6.45, 7) is 3.58. The molecule has 4 aliphatic rings. The molecule has 1 aliphatic carbocycles. The highest BCUT2D eigenvalue weighted by Gasteiger charge is 2.39. The van der Waals surface area contributed by atoms with E-state index in [2.05, 4.69) is 29.7 Å². The van der Waals surface area contributed by atoms with Crippen molar-refractivity contribution in [1.29, 1.82) is 0 Å². The predicted molar refractivity (Wildman–Crippen MR) is 124 cm³/mol. The molecule has 5 atom stereocenters. The monoisotopic (exact) mass is 453 g/mol. The summed E-state index contributed by atoms with van der Waals surface area (Å²) in [5, 5.41) is 6.26. The minimum absolute atomic E-state index is 0.103. The van der Waals surface area contributed by atoms with E-state index < -0.39 is 6.04 Å². The van der Waals surface area contributed by atoms with Gasteiger partial charge in [-0.25, -0.2) is 0 Å². The minimum atomic E-state index is -0.558. The smallest absolute Gasteiger partial charge is 0.255 e. The minimum Gasteiger partial charge on any atom is -0.377 e. The number of hydrogen-bond donors (Lipinski definition) is 2. The third-order valence-electron chi connectivity index (χ3n) is 7.99. The van der Waals surface area contributed by atoms with Crippen LogP contribution >= 0.6 is 0 Å². The SMILES string of the molecule is C[C@H](NC1CCCC[C@@H]1Cc1ccc2c(c1)CN(C1CCC(=O)NC1=O)C2=O)[C@@H]1CCCO1. The number of benzene rings is 1. The van der Waals surface area contributed by atoms with Crippen molar-refractivity contribution in [2.45, 2.75) is 95.5 Å². The van der Waals surface area contributed by atoms with E-state index >= 15 is 0 Å². The van der Waals surface area contributed by atoms with Crippen molar-refractivity contribution in [1.82, 2.24) is 15.5 Å². The zero-order valence-electron chi connectivity index (χ0n) is 19.5. The molecule has 2 N–H and O–H groups in total. The number of ether oxygens (including phenoxy) is 1. The highest BCUT2D eigenvalue weighted by atomic mass is 16.5. The van der Waals surface area contributed by atoms with Crippen molar-refractivity contribution in [2.75, 3.05) is 6.61 Å². The van der Waals surface area contributed by atoms with Gasteiger partial charge in [0, 0.05) is 37.2 Å². The average Bonchev–Trinajstić information content (AvgIpc) is 3.44. The molecule has 7 heteroatoms. The van der Waals surface area contributed by atoms with Crippen LogP contribution in [0.3, 0.4) is 0 Å². The number of hydrogen-bond acceptors (Lipinski definition) is 5. The molecule has 3 amide bonds. The second-order valence-electron chi connectivity index (χ2n) is 10.3. The molecule has 5 rings (SSSR count). The number of piperidine rings is 1. The summed E-state index contributed by atoms with van der Waals surface area (Å²) in [5.41, 5.74) is 2.94. The van der Waals surface area contributed by atoms with E-state index in [-0.39, 0.29) is 24.1 Å². The van der Waals surface area contributed by atoms with Crippen molar-refractivity contribution in [3.63, 3.8) is 0 Å². The highest BCUT2D eigenvalue weighted by molar-refractivity contribution is 6.05. The van der Waals surface area contributed by atoms with Gasteiger partial charge in [-0.2, -0.15) is 0 Å². The summed E-state index contributed by atoms with van der Waals surface area (Å²) < 4.78 is 5.90. The van der Waals surface area contributed by atoms with Crippen LogP contribution in [0.25, 0.3) is 0 Å². The molecular weight excluding hydrogens is 418 g/mol. The molecule has 1 saturated carbocycles. The Hall–Kier alpha value is -2.25. The Morgan fingerprint density at radius 2 is 1.97 bits per heavy atom. The lowest BCUT2D eigenvalue weighted by Gasteiger charge is -2.36. The zero-order chi connectivity index (χ0) is 22.9. The van der Waals surface area contributed by atoms with Gasteiger partial charge in [-0.1, -0.05) is 25.0 Å². The lowest BCUT2D eigenvalue weighted by atomic mass is 9.80. The van der Waals surface area contributed by atoms with Crippen molar-refractivity contribution < 1.29 is 19.1 Å². The van der Waals surface area contributed by atoms with Crippen LogP contribution in [0.15, 0.2) is 18.2 Å². The van der Waals surface area contributed by atoms with Gasteiger partial charge >= 0.3 is 0 Å². The van der Waals surface area contributed by atoms with E-state index in [0.717, 1.165) is 31.4 Å². The van der Waals surface area contributed by atoms with Gasteiger partial charge < -0.3 is 15.0 Å². The lowest BCUT2D eigenvalue weighted by molar-refractivity contribution is -0.136. The number of carbonyl (C=O) groups excluding carboxylic acids is 3. The second kappa shape index (κ2) is 9.55. The molecule has 3 heterocycles. The molecule has 0 aromatic heterocycles. The normalized spacial score (nSPS) is 30.9. The molecule has 1 aromatic rings.